The van der Waals surface area contributed by atoms with E-state index in [4.69, 9.17) is 10.5 Å². The van der Waals surface area contributed by atoms with Gasteiger partial charge in [0.05, 0.1) is 24.8 Å². The van der Waals surface area contributed by atoms with Gasteiger partial charge >= 0.3 is 5.97 Å². The molecule has 2 amide bonds. The second kappa shape index (κ2) is 9.67. The molecule has 1 atom stereocenters. The van der Waals surface area contributed by atoms with E-state index in [-0.39, 0.29) is 30.2 Å². The van der Waals surface area contributed by atoms with Gasteiger partial charge in [0.2, 0.25) is 11.8 Å². The third kappa shape index (κ3) is 6.37. The van der Waals surface area contributed by atoms with E-state index in [9.17, 15) is 14.4 Å². The second-order valence-electron chi connectivity index (χ2n) is 5.68. The predicted octanol–water partition coefficient (Wildman–Crippen LogP) is 0.579. The minimum Gasteiger partial charge on any atom is -0.462 e. The summed E-state index contributed by atoms with van der Waals surface area (Å²) in [5, 5.41) is 5.19. The molecule has 0 aromatic heterocycles. The Hall–Kier alpha value is -2.41. The summed E-state index contributed by atoms with van der Waals surface area (Å²) in [6.45, 7) is 5.92. The summed E-state index contributed by atoms with van der Waals surface area (Å²) < 4.78 is 4.90. The molecule has 7 heteroatoms. The number of hydrogen-bond donors (Lipinski definition) is 3. The van der Waals surface area contributed by atoms with Crippen molar-refractivity contribution < 1.29 is 19.1 Å². The molecular weight excluding hydrogens is 310 g/mol. The highest BCUT2D eigenvalue weighted by Crippen LogP contribution is 2.06. The van der Waals surface area contributed by atoms with Crippen molar-refractivity contribution in [3.05, 3.63) is 35.4 Å². The molecule has 0 saturated carbocycles. The number of nitrogens with one attached hydrogen (secondary N) is 2. The van der Waals surface area contributed by atoms with E-state index in [2.05, 4.69) is 10.6 Å². The molecule has 0 unspecified atom stereocenters. The van der Waals surface area contributed by atoms with Crippen molar-refractivity contribution in [1.82, 2.24) is 10.6 Å². The Kier molecular flexibility index (Phi) is 7.91. The number of carbonyl (C=O) groups excluding carboxylic acids is 3. The Morgan fingerprint density at radius 1 is 1.12 bits per heavy atom. The van der Waals surface area contributed by atoms with Crippen LogP contribution in [0.5, 0.6) is 0 Å². The molecule has 0 radical (unpaired) electrons. The standard InChI is InChI=1S/C17H25N3O4/c1-4-24-17(23)13-7-5-12(6-8-13)9-19-14(21)10-20-16(22)15(18)11(2)3/h5-8,11,15H,4,9-10,18H2,1-3H3,(H,19,21)(H,20,22)/t15-/m0/s1. The lowest BCUT2D eigenvalue weighted by Gasteiger charge is -2.15. The molecule has 7 nitrogen and oxygen atoms in total. The van der Waals surface area contributed by atoms with Gasteiger partial charge in [-0.3, -0.25) is 9.59 Å². The lowest BCUT2D eigenvalue weighted by atomic mass is 10.1. The summed E-state index contributed by atoms with van der Waals surface area (Å²) in [6.07, 6.45) is 0. The first kappa shape index (κ1) is 19.6. The fraction of sp³-hybridized carbons (Fsp3) is 0.471. The number of amides is 2. The molecule has 1 aromatic rings. The molecule has 0 spiro atoms. The third-order valence-electron chi connectivity index (χ3n) is 3.40. The Bertz CT molecular complexity index is 570. The molecule has 0 aliphatic rings. The Labute approximate surface area is 141 Å². The lowest BCUT2D eigenvalue weighted by Crippen LogP contribution is -2.47. The molecule has 0 fully saturated rings. The summed E-state index contributed by atoms with van der Waals surface area (Å²) in [6, 6.07) is 6.12. The first-order valence-electron chi connectivity index (χ1n) is 7.91. The largest absolute Gasteiger partial charge is 0.462 e. The van der Waals surface area contributed by atoms with Crippen molar-refractivity contribution in [2.75, 3.05) is 13.2 Å². The number of rotatable bonds is 8. The van der Waals surface area contributed by atoms with Gasteiger partial charge in [0.15, 0.2) is 0 Å². The van der Waals surface area contributed by atoms with E-state index in [0.717, 1.165) is 5.56 Å². The Balaban J connectivity index is 2.39. The molecular formula is C17H25N3O4. The van der Waals surface area contributed by atoms with Gasteiger partial charge in [0.25, 0.3) is 0 Å². The quantitative estimate of drug-likeness (QED) is 0.602. The van der Waals surface area contributed by atoms with Crippen LogP contribution in [0.2, 0.25) is 0 Å². The highest BCUT2D eigenvalue weighted by molar-refractivity contribution is 5.89. The van der Waals surface area contributed by atoms with Crippen LogP contribution < -0.4 is 16.4 Å². The summed E-state index contributed by atoms with van der Waals surface area (Å²) in [4.78, 5) is 34.9. The van der Waals surface area contributed by atoms with Gasteiger partial charge in [0, 0.05) is 6.54 Å². The molecule has 0 aliphatic heterocycles. The number of carbonyl (C=O) groups is 3. The van der Waals surface area contributed by atoms with E-state index < -0.39 is 6.04 Å². The molecule has 0 saturated heterocycles. The zero-order valence-electron chi connectivity index (χ0n) is 14.3. The highest BCUT2D eigenvalue weighted by atomic mass is 16.5. The monoisotopic (exact) mass is 335 g/mol. The maximum absolute atomic E-state index is 11.7. The smallest absolute Gasteiger partial charge is 0.338 e. The van der Waals surface area contributed by atoms with Crippen LogP contribution in [0.3, 0.4) is 0 Å². The topological polar surface area (TPSA) is 111 Å². The van der Waals surface area contributed by atoms with Crippen LogP contribution in [0, 0.1) is 5.92 Å². The first-order chi connectivity index (χ1) is 11.3. The SMILES string of the molecule is CCOC(=O)c1ccc(CNC(=O)CNC(=O)[C@@H](N)C(C)C)cc1. The van der Waals surface area contributed by atoms with Gasteiger partial charge in [-0.25, -0.2) is 4.79 Å². The second-order valence-corrected chi connectivity index (χ2v) is 5.68. The molecule has 4 N–H and O–H groups in total. The summed E-state index contributed by atoms with van der Waals surface area (Å²) in [7, 11) is 0. The number of nitrogens with two attached hydrogens (primary N) is 1. The molecule has 0 heterocycles. The zero-order chi connectivity index (χ0) is 18.1. The van der Waals surface area contributed by atoms with Gasteiger partial charge in [-0.2, -0.15) is 0 Å². The van der Waals surface area contributed by atoms with Crippen LogP contribution in [-0.2, 0) is 20.9 Å². The van der Waals surface area contributed by atoms with Crippen LogP contribution in [0.15, 0.2) is 24.3 Å². The number of benzene rings is 1. The van der Waals surface area contributed by atoms with Crippen molar-refractivity contribution >= 4 is 17.8 Å². The van der Waals surface area contributed by atoms with Crippen LogP contribution in [0.1, 0.15) is 36.7 Å². The highest BCUT2D eigenvalue weighted by Gasteiger charge is 2.17. The third-order valence-corrected chi connectivity index (χ3v) is 3.40. The van der Waals surface area contributed by atoms with E-state index >= 15 is 0 Å². The van der Waals surface area contributed by atoms with Crippen LogP contribution in [0.4, 0.5) is 0 Å². The number of esters is 1. The van der Waals surface area contributed by atoms with Gasteiger partial charge in [0.1, 0.15) is 0 Å². The molecule has 24 heavy (non-hydrogen) atoms. The maximum atomic E-state index is 11.7. The molecule has 1 rings (SSSR count). The van der Waals surface area contributed by atoms with Gasteiger partial charge in [-0.1, -0.05) is 26.0 Å². The fourth-order valence-corrected chi connectivity index (χ4v) is 1.82. The Morgan fingerprint density at radius 3 is 2.29 bits per heavy atom. The average molecular weight is 335 g/mol. The lowest BCUT2D eigenvalue weighted by molar-refractivity contribution is -0.127. The number of ether oxygens (including phenoxy) is 1. The van der Waals surface area contributed by atoms with Crippen molar-refractivity contribution in [1.29, 1.82) is 0 Å². The van der Waals surface area contributed by atoms with Crippen molar-refractivity contribution in [2.24, 2.45) is 11.7 Å². The fourth-order valence-electron chi connectivity index (χ4n) is 1.82. The van der Waals surface area contributed by atoms with Crippen LogP contribution in [-0.4, -0.2) is 37.0 Å². The van der Waals surface area contributed by atoms with E-state index in [1.54, 1.807) is 31.2 Å². The minimum absolute atomic E-state index is 0.00553. The predicted molar refractivity (Wildman–Crippen MR) is 90.1 cm³/mol. The average Bonchev–Trinajstić information content (AvgIpc) is 2.57. The molecule has 0 bridgehead atoms. The van der Waals surface area contributed by atoms with Crippen molar-refractivity contribution in [2.45, 2.75) is 33.4 Å². The van der Waals surface area contributed by atoms with Gasteiger partial charge in [-0.05, 0) is 30.5 Å². The molecule has 0 aliphatic carbocycles. The summed E-state index contributed by atoms with van der Waals surface area (Å²) >= 11 is 0. The van der Waals surface area contributed by atoms with E-state index in [0.29, 0.717) is 18.7 Å². The van der Waals surface area contributed by atoms with Crippen molar-refractivity contribution in [3.8, 4) is 0 Å². The minimum atomic E-state index is -0.631. The normalized spacial score (nSPS) is 11.7. The molecule has 1 aromatic carbocycles. The zero-order valence-corrected chi connectivity index (χ0v) is 14.3. The number of hydrogen-bond acceptors (Lipinski definition) is 5. The van der Waals surface area contributed by atoms with Crippen LogP contribution in [0.25, 0.3) is 0 Å². The maximum Gasteiger partial charge on any atom is 0.338 e. The first-order valence-corrected chi connectivity index (χ1v) is 7.91. The molecule has 132 valence electrons. The van der Waals surface area contributed by atoms with Gasteiger partial charge < -0.3 is 21.1 Å². The summed E-state index contributed by atoms with van der Waals surface area (Å²) in [5.41, 5.74) is 6.98. The Morgan fingerprint density at radius 2 is 1.75 bits per heavy atom. The van der Waals surface area contributed by atoms with Crippen LogP contribution >= 0.6 is 0 Å². The van der Waals surface area contributed by atoms with E-state index in [1.165, 1.54) is 0 Å². The van der Waals surface area contributed by atoms with Crippen molar-refractivity contribution in [3.63, 3.8) is 0 Å². The summed E-state index contributed by atoms with van der Waals surface area (Å²) in [5.74, 6) is -1.03. The van der Waals surface area contributed by atoms with E-state index in [1.807, 2.05) is 13.8 Å². The van der Waals surface area contributed by atoms with Gasteiger partial charge in [-0.15, -0.1) is 0 Å².